The molecule has 0 aliphatic rings. The topological polar surface area (TPSA) is 44.7 Å². The molecule has 0 unspecified atom stereocenters. The fraction of sp³-hybridized carbons (Fsp3) is 0.300. The van der Waals surface area contributed by atoms with Gasteiger partial charge in [-0.3, -0.25) is 4.79 Å². The normalized spacial score (nSPS) is 10.9. The number of thioether (sulfide) groups is 1. The predicted octanol–water partition coefficient (Wildman–Crippen LogP) is 4.60. The van der Waals surface area contributed by atoms with E-state index in [0.29, 0.717) is 5.02 Å². The Morgan fingerprint density at radius 3 is 2.50 bits per heavy atom. The van der Waals surface area contributed by atoms with Gasteiger partial charge in [-0.1, -0.05) is 23.7 Å². The summed E-state index contributed by atoms with van der Waals surface area (Å²) < 4.78 is 0. The van der Waals surface area contributed by atoms with Gasteiger partial charge in [-0.25, -0.2) is 5.43 Å². The quantitative estimate of drug-likeness (QED) is 0.407. The monoisotopic (exact) mass is 389 g/mol. The van der Waals surface area contributed by atoms with Gasteiger partial charge >= 0.3 is 0 Å². The number of carbonyl (C=O) groups excluding carboxylic acids is 1. The maximum absolute atomic E-state index is 12.1. The molecule has 0 fully saturated rings. The molecule has 0 heterocycles. The van der Waals surface area contributed by atoms with Gasteiger partial charge in [0.2, 0.25) is 5.91 Å². The summed E-state index contributed by atoms with van der Waals surface area (Å²) in [6.45, 7) is 6.22. The number of anilines is 1. The fourth-order valence-electron chi connectivity index (χ4n) is 2.64. The fourth-order valence-corrected chi connectivity index (χ4v) is 3.43. The lowest BCUT2D eigenvalue weighted by atomic mass is 10.1. The second-order valence-corrected chi connectivity index (χ2v) is 6.97. The Hall–Kier alpha value is -1.98. The Bertz CT molecular complexity index is 758. The van der Waals surface area contributed by atoms with Gasteiger partial charge in [0, 0.05) is 28.7 Å². The maximum Gasteiger partial charge on any atom is 0.244 e. The predicted molar refractivity (Wildman–Crippen MR) is 113 cm³/mol. The van der Waals surface area contributed by atoms with Crippen molar-refractivity contribution in [1.29, 1.82) is 0 Å². The molecule has 2 aromatic rings. The summed E-state index contributed by atoms with van der Waals surface area (Å²) in [6.07, 6.45) is 3.87. The zero-order valence-corrected chi connectivity index (χ0v) is 16.9. The number of hydrazone groups is 1. The van der Waals surface area contributed by atoms with Crippen LogP contribution in [-0.2, 0) is 11.2 Å². The van der Waals surface area contributed by atoms with Crippen LogP contribution in [0, 0.1) is 0 Å². The molecule has 1 N–H and O–H groups in total. The van der Waals surface area contributed by atoms with Gasteiger partial charge in [-0.2, -0.15) is 5.10 Å². The van der Waals surface area contributed by atoms with Gasteiger partial charge in [0.05, 0.1) is 12.6 Å². The molecule has 1 amide bonds. The van der Waals surface area contributed by atoms with Gasteiger partial charge in [0.15, 0.2) is 0 Å². The SMILES string of the molecule is CCN(CC)c1ccc(/C=N\NC(=O)Cc2cc(Cl)ccc2SC)cc1. The number of rotatable bonds is 8. The molecule has 0 spiro atoms. The molecule has 0 radical (unpaired) electrons. The average Bonchev–Trinajstić information content (AvgIpc) is 2.64. The summed E-state index contributed by atoms with van der Waals surface area (Å²) in [5.41, 5.74) is 5.60. The van der Waals surface area contributed by atoms with E-state index < -0.39 is 0 Å². The van der Waals surface area contributed by atoms with E-state index >= 15 is 0 Å². The summed E-state index contributed by atoms with van der Waals surface area (Å²) in [7, 11) is 0. The van der Waals surface area contributed by atoms with Gasteiger partial charge < -0.3 is 4.90 Å². The smallest absolute Gasteiger partial charge is 0.244 e. The number of amides is 1. The molecule has 2 rings (SSSR count). The number of hydrogen-bond donors (Lipinski definition) is 1. The van der Waals surface area contributed by atoms with Crippen molar-refractivity contribution in [2.75, 3.05) is 24.2 Å². The molecular formula is C20H24ClN3OS. The van der Waals surface area contributed by atoms with Crippen molar-refractivity contribution in [1.82, 2.24) is 5.43 Å². The molecule has 0 aliphatic heterocycles. The molecule has 0 bridgehead atoms. The minimum Gasteiger partial charge on any atom is -0.372 e. The van der Waals surface area contributed by atoms with Crippen LogP contribution in [0.25, 0.3) is 0 Å². The van der Waals surface area contributed by atoms with Gasteiger partial charge in [0.1, 0.15) is 0 Å². The molecular weight excluding hydrogens is 366 g/mol. The van der Waals surface area contributed by atoms with E-state index in [9.17, 15) is 4.79 Å². The highest BCUT2D eigenvalue weighted by Gasteiger charge is 2.08. The lowest BCUT2D eigenvalue weighted by molar-refractivity contribution is -0.120. The van der Waals surface area contributed by atoms with Crippen LogP contribution in [0.4, 0.5) is 5.69 Å². The zero-order chi connectivity index (χ0) is 18.9. The highest BCUT2D eigenvalue weighted by molar-refractivity contribution is 7.98. The third-order valence-corrected chi connectivity index (χ3v) is 5.09. The Morgan fingerprint density at radius 2 is 1.88 bits per heavy atom. The van der Waals surface area contributed by atoms with E-state index in [0.717, 1.165) is 29.1 Å². The molecule has 0 aromatic heterocycles. The molecule has 2 aromatic carbocycles. The second kappa shape index (κ2) is 10.2. The maximum atomic E-state index is 12.1. The van der Waals surface area contributed by atoms with E-state index in [2.05, 4.69) is 41.4 Å². The number of carbonyl (C=O) groups is 1. The van der Waals surface area contributed by atoms with E-state index in [1.54, 1.807) is 18.0 Å². The van der Waals surface area contributed by atoms with Gasteiger partial charge in [-0.15, -0.1) is 11.8 Å². The largest absolute Gasteiger partial charge is 0.372 e. The average molecular weight is 390 g/mol. The van der Waals surface area contributed by atoms with Crippen LogP contribution in [0.5, 0.6) is 0 Å². The van der Waals surface area contributed by atoms with Crippen LogP contribution in [0.3, 0.4) is 0 Å². The minimum atomic E-state index is -0.168. The highest BCUT2D eigenvalue weighted by atomic mass is 35.5. The lowest BCUT2D eigenvalue weighted by Gasteiger charge is -2.20. The van der Waals surface area contributed by atoms with Crippen molar-refractivity contribution < 1.29 is 4.79 Å². The van der Waals surface area contributed by atoms with Gasteiger partial charge in [0.25, 0.3) is 0 Å². The van der Waals surface area contributed by atoms with Crippen LogP contribution in [0.15, 0.2) is 52.5 Å². The second-order valence-electron chi connectivity index (χ2n) is 5.69. The Labute approximate surface area is 164 Å². The Morgan fingerprint density at radius 1 is 1.19 bits per heavy atom. The Kier molecular flexibility index (Phi) is 8.01. The number of nitrogens with one attached hydrogen (secondary N) is 1. The van der Waals surface area contributed by atoms with Crippen LogP contribution in [-0.4, -0.2) is 31.5 Å². The number of hydrogen-bond acceptors (Lipinski definition) is 4. The summed E-state index contributed by atoms with van der Waals surface area (Å²) in [4.78, 5) is 15.4. The molecule has 6 heteroatoms. The summed E-state index contributed by atoms with van der Waals surface area (Å²) in [5.74, 6) is -0.168. The van der Waals surface area contributed by atoms with Crippen LogP contribution < -0.4 is 10.3 Å². The summed E-state index contributed by atoms with van der Waals surface area (Å²) in [6, 6.07) is 13.7. The first-order valence-corrected chi connectivity index (χ1v) is 10.2. The highest BCUT2D eigenvalue weighted by Crippen LogP contribution is 2.24. The Balaban J connectivity index is 1.94. The van der Waals surface area contributed by atoms with Crippen molar-refractivity contribution >= 4 is 41.2 Å². The molecule has 0 saturated heterocycles. The van der Waals surface area contributed by atoms with Crippen LogP contribution >= 0.6 is 23.4 Å². The molecule has 26 heavy (non-hydrogen) atoms. The third kappa shape index (κ3) is 5.78. The molecule has 0 saturated carbocycles. The van der Waals surface area contributed by atoms with Crippen LogP contribution in [0.2, 0.25) is 5.02 Å². The number of halogens is 1. The molecule has 0 atom stereocenters. The number of nitrogens with zero attached hydrogens (tertiary/aromatic N) is 2. The standard InChI is InChI=1S/C20H24ClN3OS/c1-4-24(5-2)18-9-6-15(7-10-18)14-22-23-20(25)13-16-12-17(21)8-11-19(16)26-3/h6-12,14H,4-5,13H2,1-3H3,(H,23,25)/b22-14-. The first-order valence-electron chi connectivity index (χ1n) is 8.56. The van der Waals surface area contributed by atoms with E-state index in [1.807, 2.05) is 36.6 Å². The van der Waals surface area contributed by atoms with Crippen LogP contribution in [0.1, 0.15) is 25.0 Å². The zero-order valence-electron chi connectivity index (χ0n) is 15.3. The van der Waals surface area contributed by atoms with Crippen molar-refractivity contribution in [2.24, 2.45) is 5.10 Å². The van der Waals surface area contributed by atoms with Crippen molar-refractivity contribution in [3.8, 4) is 0 Å². The van der Waals surface area contributed by atoms with E-state index in [4.69, 9.17) is 11.6 Å². The van der Waals surface area contributed by atoms with Crippen molar-refractivity contribution in [3.63, 3.8) is 0 Å². The summed E-state index contributed by atoms with van der Waals surface area (Å²) >= 11 is 7.62. The molecule has 0 aliphatic carbocycles. The van der Waals surface area contributed by atoms with Crippen molar-refractivity contribution in [3.05, 3.63) is 58.6 Å². The molecule has 138 valence electrons. The molecule has 4 nitrogen and oxygen atoms in total. The van der Waals surface area contributed by atoms with Crippen molar-refractivity contribution in [2.45, 2.75) is 25.2 Å². The first-order chi connectivity index (χ1) is 12.6. The third-order valence-electron chi connectivity index (χ3n) is 4.02. The first kappa shape index (κ1) is 20.3. The number of benzene rings is 2. The lowest BCUT2D eigenvalue weighted by Crippen LogP contribution is -2.21. The van der Waals surface area contributed by atoms with Gasteiger partial charge in [-0.05, 0) is 61.6 Å². The minimum absolute atomic E-state index is 0.168. The summed E-state index contributed by atoms with van der Waals surface area (Å²) in [5, 5.41) is 4.68. The van der Waals surface area contributed by atoms with E-state index in [-0.39, 0.29) is 12.3 Å². The van der Waals surface area contributed by atoms with E-state index in [1.165, 1.54) is 5.69 Å².